The van der Waals surface area contributed by atoms with Gasteiger partial charge >= 0.3 is 0 Å². The number of piperidine rings is 1. The smallest absolute Gasteiger partial charge is 0.222 e. The average molecular weight is 559 g/mol. The van der Waals surface area contributed by atoms with Gasteiger partial charge in [-0.05, 0) is 38.2 Å². The Bertz CT molecular complexity index is 697. The minimum Gasteiger partial charge on any atom is -0.369 e. The number of pyridine rings is 1. The summed E-state index contributed by atoms with van der Waals surface area (Å²) in [6.45, 7) is 10.5. The first-order chi connectivity index (χ1) is 15.0. The second-order valence-corrected chi connectivity index (χ2v) is 8.89. The highest BCUT2D eigenvalue weighted by molar-refractivity contribution is 14.0. The molecule has 182 valence electrons. The van der Waals surface area contributed by atoms with Crippen molar-refractivity contribution in [1.82, 2.24) is 15.6 Å². The molecule has 1 unspecified atom stereocenters. The highest BCUT2D eigenvalue weighted by atomic mass is 127. The zero-order chi connectivity index (χ0) is 22.5. The lowest BCUT2D eigenvalue weighted by Gasteiger charge is -2.33. The summed E-state index contributed by atoms with van der Waals surface area (Å²) >= 11 is 0. The molecule has 7 nitrogen and oxygen atoms in total. The Morgan fingerprint density at radius 2 is 2.06 bits per heavy atom. The minimum absolute atomic E-state index is 0. The van der Waals surface area contributed by atoms with Gasteiger partial charge in [0.2, 0.25) is 5.91 Å². The van der Waals surface area contributed by atoms with Crippen molar-refractivity contribution >= 4 is 41.7 Å². The van der Waals surface area contributed by atoms with Crippen LogP contribution >= 0.6 is 24.0 Å². The van der Waals surface area contributed by atoms with Crippen LogP contribution in [-0.4, -0.2) is 43.0 Å². The first-order valence-electron chi connectivity index (χ1n) is 12.0. The molecule has 32 heavy (non-hydrogen) atoms. The van der Waals surface area contributed by atoms with Crippen molar-refractivity contribution in [3.05, 3.63) is 23.9 Å². The summed E-state index contributed by atoms with van der Waals surface area (Å²) in [6.07, 6.45) is 9.97. The quantitative estimate of drug-likeness (QED) is 0.156. The largest absolute Gasteiger partial charge is 0.369 e. The lowest BCUT2D eigenvalue weighted by molar-refractivity contribution is -0.122. The van der Waals surface area contributed by atoms with Crippen molar-refractivity contribution in [3.63, 3.8) is 0 Å². The van der Waals surface area contributed by atoms with Gasteiger partial charge in [-0.3, -0.25) is 4.79 Å². The molecule has 1 fully saturated rings. The van der Waals surface area contributed by atoms with E-state index in [1.54, 1.807) is 6.20 Å². The Morgan fingerprint density at radius 1 is 1.28 bits per heavy atom. The Kier molecular flexibility index (Phi) is 14.3. The van der Waals surface area contributed by atoms with Gasteiger partial charge in [0.1, 0.15) is 5.82 Å². The number of hydrogen-bond acceptors (Lipinski definition) is 4. The monoisotopic (exact) mass is 558 g/mol. The standard InChI is InChI=1S/C24H42N6O.HI/c1-4-26-24(28-14-8-6-5-7-11-19(2)3)29-17-20-12-9-15-27-23(20)30-16-10-13-21(18-30)22(25)31;/h9,12,15,19,21H,4-8,10-11,13-14,16-18H2,1-3H3,(H2,25,31)(H2,26,28,29);1H. The summed E-state index contributed by atoms with van der Waals surface area (Å²) in [4.78, 5) is 23.2. The van der Waals surface area contributed by atoms with Crippen molar-refractivity contribution < 1.29 is 4.79 Å². The molecule has 4 N–H and O–H groups in total. The van der Waals surface area contributed by atoms with Crippen LogP contribution in [0.1, 0.15) is 71.3 Å². The predicted molar refractivity (Wildman–Crippen MR) is 145 cm³/mol. The summed E-state index contributed by atoms with van der Waals surface area (Å²) in [7, 11) is 0. The number of hydrogen-bond donors (Lipinski definition) is 3. The van der Waals surface area contributed by atoms with Gasteiger partial charge in [0.25, 0.3) is 0 Å². The zero-order valence-corrected chi connectivity index (χ0v) is 22.4. The van der Waals surface area contributed by atoms with E-state index in [1.807, 2.05) is 6.07 Å². The maximum absolute atomic E-state index is 11.7. The summed E-state index contributed by atoms with van der Waals surface area (Å²) < 4.78 is 0. The highest BCUT2D eigenvalue weighted by Crippen LogP contribution is 2.25. The number of carbonyl (C=O) groups is 1. The fraction of sp³-hybridized carbons (Fsp3) is 0.708. The number of nitrogens with zero attached hydrogens (tertiary/aromatic N) is 3. The number of nitrogens with one attached hydrogen (secondary N) is 2. The number of unbranched alkanes of at least 4 members (excludes halogenated alkanes) is 3. The predicted octanol–water partition coefficient (Wildman–Crippen LogP) is 4.06. The number of guanidine groups is 1. The summed E-state index contributed by atoms with van der Waals surface area (Å²) in [5.74, 6) is 2.23. The third-order valence-corrected chi connectivity index (χ3v) is 5.74. The second kappa shape index (κ2) is 16.1. The van der Waals surface area contributed by atoms with Crippen LogP contribution in [0.2, 0.25) is 0 Å². The molecule has 2 heterocycles. The SMILES string of the molecule is CCNC(=NCc1cccnc1N1CCCC(C(N)=O)C1)NCCCCCCC(C)C.I. The Morgan fingerprint density at radius 3 is 2.78 bits per heavy atom. The molecule has 1 aliphatic heterocycles. The Labute approximate surface area is 211 Å². The fourth-order valence-corrected chi connectivity index (χ4v) is 3.98. The van der Waals surface area contributed by atoms with Gasteiger partial charge in [0, 0.05) is 37.9 Å². The van der Waals surface area contributed by atoms with E-state index < -0.39 is 0 Å². The van der Waals surface area contributed by atoms with Crippen LogP contribution in [0.3, 0.4) is 0 Å². The first-order valence-corrected chi connectivity index (χ1v) is 12.0. The molecule has 8 heteroatoms. The molecule has 2 rings (SSSR count). The molecule has 0 bridgehead atoms. The van der Waals surface area contributed by atoms with Crippen LogP contribution in [0.25, 0.3) is 0 Å². The maximum Gasteiger partial charge on any atom is 0.222 e. The molecule has 0 aromatic carbocycles. The summed E-state index contributed by atoms with van der Waals surface area (Å²) in [5.41, 5.74) is 6.62. The number of rotatable bonds is 12. The zero-order valence-electron chi connectivity index (χ0n) is 20.1. The van der Waals surface area contributed by atoms with E-state index in [9.17, 15) is 4.79 Å². The van der Waals surface area contributed by atoms with Gasteiger partial charge in [-0.1, -0.05) is 45.6 Å². The molecule has 0 spiro atoms. The van der Waals surface area contributed by atoms with Crippen LogP contribution in [0.4, 0.5) is 5.82 Å². The van der Waals surface area contributed by atoms with E-state index in [4.69, 9.17) is 10.7 Å². The van der Waals surface area contributed by atoms with Gasteiger partial charge in [-0.15, -0.1) is 24.0 Å². The van der Waals surface area contributed by atoms with E-state index in [2.05, 4.69) is 47.4 Å². The number of carbonyl (C=O) groups excluding carboxylic acids is 1. The number of amides is 1. The van der Waals surface area contributed by atoms with E-state index in [0.29, 0.717) is 13.1 Å². The van der Waals surface area contributed by atoms with Gasteiger partial charge in [0.05, 0.1) is 12.5 Å². The van der Waals surface area contributed by atoms with Gasteiger partial charge in [-0.2, -0.15) is 0 Å². The lowest BCUT2D eigenvalue weighted by Crippen LogP contribution is -2.42. The number of halogens is 1. The van der Waals surface area contributed by atoms with E-state index >= 15 is 0 Å². The second-order valence-electron chi connectivity index (χ2n) is 8.89. The molecular weight excluding hydrogens is 515 g/mol. The number of anilines is 1. The number of primary amides is 1. The summed E-state index contributed by atoms with van der Waals surface area (Å²) in [5, 5.41) is 6.79. The van der Waals surface area contributed by atoms with Crippen LogP contribution in [0.5, 0.6) is 0 Å². The molecule has 0 saturated carbocycles. The van der Waals surface area contributed by atoms with Crippen LogP contribution in [-0.2, 0) is 11.3 Å². The molecule has 1 aromatic rings. The van der Waals surface area contributed by atoms with Crippen molar-refractivity contribution in [2.75, 3.05) is 31.1 Å². The van der Waals surface area contributed by atoms with Crippen molar-refractivity contribution in [2.24, 2.45) is 22.6 Å². The molecule has 1 saturated heterocycles. The molecule has 1 aliphatic rings. The summed E-state index contributed by atoms with van der Waals surface area (Å²) in [6, 6.07) is 4.01. The molecule has 1 aromatic heterocycles. The van der Waals surface area contributed by atoms with Gasteiger partial charge in [0.15, 0.2) is 5.96 Å². The van der Waals surface area contributed by atoms with Crippen LogP contribution in [0.15, 0.2) is 23.3 Å². The number of nitrogens with two attached hydrogens (primary N) is 1. The third kappa shape index (κ3) is 10.4. The Balaban J connectivity index is 0.00000512. The van der Waals surface area contributed by atoms with Crippen LogP contribution < -0.4 is 21.3 Å². The highest BCUT2D eigenvalue weighted by Gasteiger charge is 2.25. The Hall–Kier alpha value is -1.58. The molecule has 1 amide bonds. The van der Waals surface area contributed by atoms with E-state index in [0.717, 1.165) is 62.2 Å². The van der Waals surface area contributed by atoms with Crippen molar-refractivity contribution in [1.29, 1.82) is 0 Å². The number of aliphatic imine (C=N–C) groups is 1. The maximum atomic E-state index is 11.7. The minimum atomic E-state index is -0.219. The topological polar surface area (TPSA) is 95.6 Å². The molecular formula is C24H43IN6O. The third-order valence-electron chi connectivity index (χ3n) is 5.74. The van der Waals surface area contributed by atoms with Gasteiger partial charge < -0.3 is 21.3 Å². The average Bonchev–Trinajstić information content (AvgIpc) is 2.76. The van der Waals surface area contributed by atoms with E-state index in [-0.39, 0.29) is 35.8 Å². The van der Waals surface area contributed by atoms with Crippen molar-refractivity contribution in [3.8, 4) is 0 Å². The first kappa shape index (κ1) is 28.5. The van der Waals surface area contributed by atoms with Gasteiger partial charge in [-0.25, -0.2) is 9.98 Å². The number of aromatic nitrogens is 1. The lowest BCUT2D eigenvalue weighted by atomic mass is 9.97. The van der Waals surface area contributed by atoms with E-state index in [1.165, 1.54) is 25.7 Å². The molecule has 0 radical (unpaired) electrons. The van der Waals surface area contributed by atoms with Crippen LogP contribution in [0, 0.1) is 11.8 Å². The normalized spacial score (nSPS) is 16.6. The molecule has 0 aliphatic carbocycles. The molecule has 1 atom stereocenters. The van der Waals surface area contributed by atoms with Crippen molar-refractivity contribution in [2.45, 2.75) is 72.3 Å². The fourth-order valence-electron chi connectivity index (χ4n) is 3.98.